The maximum atomic E-state index is 13.7. The lowest BCUT2D eigenvalue weighted by atomic mass is 10.1. The number of thioether (sulfide) groups is 1. The number of fused-ring (bicyclic) bond motifs is 1. The molecule has 0 saturated carbocycles. The van der Waals surface area contributed by atoms with E-state index in [0.717, 1.165) is 52.1 Å². The molecule has 0 unspecified atom stereocenters. The van der Waals surface area contributed by atoms with Crippen molar-refractivity contribution in [2.75, 3.05) is 36.8 Å². The number of carbonyl (C=O) groups is 1. The third-order valence-corrected chi connectivity index (χ3v) is 7.53. The molecule has 1 heterocycles. The van der Waals surface area contributed by atoms with Crippen molar-refractivity contribution in [1.82, 2.24) is 9.88 Å². The first-order valence-corrected chi connectivity index (χ1v) is 12.4. The van der Waals surface area contributed by atoms with E-state index in [2.05, 4.69) is 51.7 Å². The summed E-state index contributed by atoms with van der Waals surface area (Å²) in [5, 5.41) is 0.788. The molecular weight excluding hydrogens is 410 g/mol. The van der Waals surface area contributed by atoms with Crippen LogP contribution in [0.4, 0.5) is 5.13 Å². The van der Waals surface area contributed by atoms with Crippen LogP contribution in [0.5, 0.6) is 0 Å². The van der Waals surface area contributed by atoms with Crippen molar-refractivity contribution in [1.29, 1.82) is 0 Å². The summed E-state index contributed by atoms with van der Waals surface area (Å²) < 4.78 is 1.17. The van der Waals surface area contributed by atoms with Gasteiger partial charge in [-0.2, -0.15) is 0 Å². The maximum absolute atomic E-state index is 13.7. The Morgan fingerprint density at radius 3 is 2.37 bits per heavy atom. The van der Waals surface area contributed by atoms with Crippen molar-refractivity contribution in [2.24, 2.45) is 0 Å². The van der Waals surface area contributed by atoms with Gasteiger partial charge in [-0.05, 0) is 55.9 Å². The van der Waals surface area contributed by atoms with Crippen molar-refractivity contribution in [2.45, 2.75) is 39.5 Å². The SMILES string of the molecule is CCSc1ccccc1C(=O)N(CCN(CC)CC)c1nc2c(C)ccc(C)c2s1. The number of rotatable bonds is 9. The number of aryl methyl sites for hydroxylation is 2. The Hall–Kier alpha value is -1.89. The number of hydrogen-bond acceptors (Lipinski definition) is 5. The summed E-state index contributed by atoms with van der Waals surface area (Å²) in [4.78, 5) is 23.9. The van der Waals surface area contributed by atoms with Crippen LogP contribution >= 0.6 is 23.1 Å². The minimum absolute atomic E-state index is 0.0352. The van der Waals surface area contributed by atoms with Crippen LogP contribution in [0.1, 0.15) is 42.3 Å². The van der Waals surface area contributed by atoms with Crippen molar-refractivity contribution in [3.05, 3.63) is 53.1 Å². The van der Waals surface area contributed by atoms with E-state index in [1.54, 1.807) is 23.1 Å². The number of likely N-dealkylation sites (N-methyl/N-ethyl adjacent to an activating group) is 1. The minimum Gasteiger partial charge on any atom is -0.302 e. The lowest BCUT2D eigenvalue weighted by molar-refractivity contribution is 0.0981. The second kappa shape index (κ2) is 10.4. The Bertz CT molecular complexity index is 972. The lowest BCUT2D eigenvalue weighted by Gasteiger charge is -2.25. The van der Waals surface area contributed by atoms with E-state index >= 15 is 0 Å². The summed E-state index contributed by atoms with van der Waals surface area (Å²) in [6, 6.07) is 12.2. The quantitative estimate of drug-likeness (QED) is 0.381. The standard InChI is InChI=1S/C24H31N3OS2/c1-6-26(7-2)15-16-27(23(28)19-11-9-10-12-20(19)29-8-3)24-25-21-17(4)13-14-18(5)22(21)30-24/h9-14H,6-8,15-16H2,1-5H3. The molecule has 160 valence electrons. The molecule has 2 aromatic carbocycles. The average Bonchev–Trinajstić information content (AvgIpc) is 3.21. The van der Waals surface area contributed by atoms with Gasteiger partial charge in [-0.25, -0.2) is 4.98 Å². The third-order valence-electron chi connectivity index (χ3n) is 5.36. The summed E-state index contributed by atoms with van der Waals surface area (Å²) in [5.41, 5.74) is 4.12. The van der Waals surface area contributed by atoms with E-state index in [1.807, 2.05) is 29.2 Å². The second-order valence-corrected chi connectivity index (χ2v) is 9.57. The molecule has 0 spiro atoms. The van der Waals surface area contributed by atoms with Gasteiger partial charge in [-0.15, -0.1) is 11.8 Å². The molecule has 0 bridgehead atoms. The number of hydrogen-bond donors (Lipinski definition) is 0. The first-order valence-electron chi connectivity index (χ1n) is 10.6. The van der Waals surface area contributed by atoms with Gasteiger partial charge in [0, 0.05) is 18.0 Å². The van der Waals surface area contributed by atoms with Crippen LogP contribution in [0.25, 0.3) is 10.2 Å². The molecule has 0 radical (unpaired) electrons. The van der Waals surface area contributed by atoms with Gasteiger partial charge in [0.2, 0.25) is 0 Å². The van der Waals surface area contributed by atoms with Crippen molar-refractivity contribution in [3.63, 3.8) is 0 Å². The van der Waals surface area contributed by atoms with Gasteiger partial charge in [0.05, 0.1) is 15.8 Å². The molecule has 0 N–H and O–H groups in total. The zero-order valence-corrected chi connectivity index (χ0v) is 20.2. The zero-order valence-electron chi connectivity index (χ0n) is 18.6. The highest BCUT2D eigenvalue weighted by Gasteiger charge is 2.24. The number of thiazole rings is 1. The maximum Gasteiger partial charge on any atom is 0.261 e. The largest absolute Gasteiger partial charge is 0.302 e. The summed E-state index contributed by atoms with van der Waals surface area (Å²) >= 11 is 3.34. The fourth-order valence-corrected chi connectivity index (χ4v) is 5.43. The molecule has 1 aromatic heterocycles. The average molecular weight is 442 g/mol. The van der Waals surface area contributed by atoms with E-state index in [-0.39, 0.29) is 5.91 Å². The Balaban J connectivity index is 2.04. The fourth-order valence-electron chi connectivity index (χ4n) is 3.50. The van der Waals surface area contributed by atoms with Crippen LogP contribution in [0.3, 0.4) is 0 Å². The lowest BCUT2D eigenvalue weighted by Crippen LogP contribution is -2.39. The predicted molar refractivity (Wildman–Crippen MR) is 131 cm³/mol. The van der Waals surface area contributed by atoms with Gasteiger partial charge >= 0.3 is 0 Å². The number of benzene rings is 2. The molecule has 0 aliphatic rings. The monoisotopic (exact) mass is 441 g/mol. The zero-order chi connectivity index (χ0) is 21.7. The van der Waals surface area contributed by atoms with Crippen LogP contribution < -0.4 is 4.90 Å². The molecule has 0 fully saturated rings. The summed E-state index contributed by atoms with van der Waals surface area (Å²) in [7, 11) is 0. The van der Waals surface area contributed by atoms with Crippen molar-refractivity contribution < 1.29 is 4.79 Å². The molecule has 0 saturated heterocycles. The Labute approximate surface area is 188 Å². The first-order chi connectivity index (χ1) is 14.5. The highest BCUT2D eigenvalue weighted by Crippen LogP contribution is 2.34. The Morgan fingerprint density at radius 1 is 1.00 bits per heavy atom. The molecule has 0 atom stereocenters. The van der Waals surface area contributed by atoms with Crippen LogP contribution in [-0.2, 0) is 0 Å². The molecule has 3 rings (SSSR count). The van der Waals surface area contributed by atoms with E-state index < -0.39 is 0 Å². The van der Waals surface area contributed by atoms with E-state index in [0.29, 0.717) is 6.54 Å². The van der Waals surface area contributed by atoms with Gasteiger partial charge in [-0.3, -0.25) is 9.69 Å². The van der Waals surface area contributed by atoms with Gasteiger partial charge in [0.15, 0.2) is 5.13 Å². The molecule has 30 heavy (non-hydrogen) atoms. The minimum atomic E-state index is 0.0352. The number of amides is 1. The summed E-state index contributed by atoms with van der Waals surface area (Å²) in [6.07, 6.45) is 0. The Morgan fingerprint density at radius 2 is 1.70 bits per heavy atom. The predicted octanol–water partition coefficient (Wildman–Crippen LogP) is 6.01. The van der Waals surface area contributed by atoms with Crippen molar-refractivity contribution in [3.8, 4) is 0 Å². The highest BCUT2D eigenvalue weighted by atomic mass is 32.2. The fraction of sp³-hybridized carbons (Fsp3) is 0.417. The molecule has 1 amide bonds. The second-order valence-electron chi connectivity index (χ2n) is 7.29. The number of nitrogens with zero attached hydrogens (tertiary/aromatic N) is 3. The van der Waals surface area contributed by atoms with E-state index in [1.165, 1.54) is 10.3 Å². The smallest absolute Gasteiger partial charge is 0.261 e. The van der Waals surface area contributed by atoms with Gasteiger partial charge < -0.3 is 4.90 Å². The highest BCUT2D eigenvalue weighted by molar-refractivity contribution is 7.99. The molecule has 0 aliphatic carbocycles. The summed E-state index contributed by atoms with van der Waals surface area (Å²) in [6.45, 7) is 14.0. The number of anilines is 1. The van der Waals surface area contributed by atoms with Crippen LogP contribution in [0.15, 0.2) is 41.3 Å². The van der Waals surface area contributed by atoms with Gasteiger partial charge in [-0.1, -0.05) is 56.4 Å². The van der Waals surface area contributed by atoms with Crippen LogP contribution in [0, 0.1) is 13.8 Å². The molecule has 6 heteroatoms. The number of carbonyl (C=O) groups excluding carboxylic acids is 1. The molecule has 3 aromatic rings. The van der Waals surface area contributed by atoms with Crippen LogP contribution in [-0.4, -0.2) is 47.7 Å². The van der Waals surface area contributed by atoms with E-state index in [4.69, 9.17) is 4.98 Å². The van der Waals surface area contributed by atoms with E-state index in [9.17, 15) is 4.79 Å². The number of aromatic nitrogens is 1. The van der Waals surface area contributed by atoms with Crippen molar-refractivity contribution >= 4 is 44.4 Å². The summed E-state index contributed by atoms with van der Waals surface area (Å²) in [5.74, 6) is 0.969. The Kier molecular flexibility index (Phi) is 7.92. The molecular formula is C24H31N3OS2. The molecule has 4 nitrogen and oxygen atoms in total. The van der Waals surface area contributed by atoms with Crippen LogP contribution in [0.2, 0.25) is 0 Å². The van der Waals surface area contributed by atoms with Gasteiger partial charge in [0.25, 0.3) is 5.91 Å². The topological polar surface area (TPSA) is 36.4 Å². The third kappa shape index (κ3) is 4.88. The molecule has 0 aliphatic heterocycles. The normalized spacial score (nSPS) is 11.4. The first kappa shape index (κ1) is 22.8. The van der Waals surface area contributed by atoms with Gasteiger partial charge in [0.1, 0.15) is 0 Å².